The molecule has 1 amide bonds. The number of aromatic nitrogens is 3. The monoisotopic (exact) mass is 457 g/mol. The summed E-state index contributed by atoms with van der Waals surface area (Å²) in [6, 6.07) is 9.27. The molecule has 1 aliphatic heterocycles. The lowest BCUT2D eigenvalue weighted by Crippen LogP contribution is -2.27. The van der Waals surface area contributed by atoms with Gasteiger partial charge in [-0.1, -0.05) is 35.2 Å². The van der Waals surface area contributed by atoms with Crippen LogP contribution in [-0.2, 0) is 0 Å². The highest BCUT2D eigenvalue weighted by atomic mass is 32.2. The van der Waals surface area contributed by atoms with Gasteiger partial charge in [0.05, 0.1) is 18.0 Å². The number of Topliss-reactive ketones (excluding diaryl/α,β-unsaturated/α-hetero) is 1. The second-order valence-corrected chi connectivity index (χ2v) is 9.14. The molecular formula is C21H23N5O3S2. The van der Waals surface area contributed by atoms with Gasteiger partial charge in [0.15, 0.2) is 10.1 Å². The number of nitrogens with one attached hydrogen (secondary N) is 2. The first-order chi connectivity index (χ1) is 15.1. The zero-order valence-corrected chi connectivity index (χ0v) is 18.7. The Balaban J connectivity index is 1.32. The standard InChI is InChI=1S/C21H23N5O3S2/c1-2-29-18-8-4-3-7-15(18)23-20-24-25-21(31-20)30-13-17(27)14-11-16(22-12-14)19(28)26-9-5-6-10-26/h3-4,7-8,11-12,22H,2,5-6,9-10,13H2,1H3,(H,23,24). The summed E-state index contributed by atoms with van der Waals surface area (Å²) in [6.07, 6.45) is 3.67. The number of hydrogen-bond acceptors (Lipinski definition) is 8. The van der Waals surface area contributed by atoms with E-state index in [1.807, 2.05) is 36.1 Å². The molecule has 3 aromatic rings. The Hall–Kier alpha value is -2.85. The van der Waals surface area contributed by atoms with E-state index in [0.717, 1.165) is 37.4 Å². The molecule has 0 spiro atoms. The molecule has 162 valence electrons. The largest absolute Gasteiger partial charge is 0.492 e. The van der Waals surface area contributed by atoms with Gasteiger partial charge in [-0.15, -0.1) is 10.2 Å². The fourth-order valence-corrected chi connectivity index (χ4v) is 4.92. The number of rotatable bonds is 9. The number of ether oxygens (including phenoxy) is 1. The van der Waals surface area contributed by atoms with Crippen LogP contribution in [0.1, 0.15) is 40.6 Å². The number of anilines is 2. The second-order valence-electron chi connectivity index (χ2n) is 6.94. The first kappa shape index (κ1) is 21.4. The molecule has 1 saturated heterocycles. The van der Waals surface area contributed by atoms with Crippen molar-refractivity contribution in [2.45, 2.75) is 24.1 Å². The number of benzene rings is 1. The molecule has 3 heterocycles. The molecule has 1 fully saturated rings. The molecule has 0 bridgehead atoms. The molecule has 1 aromatic carbocycles. The number of carbonyl (C=O) groups is 2. The number of aromatic amines is 1. The lowest BCUT2D eigenvalue weighted by atomic mass is 10.2. The zero-order valence-electron chi connectivity index (χ0n) is 17.1. The topological polar surface area (TPSA) is 100 Å². The van der Waals surface area contributed by atoms with E-state index in [1.165, 1.54) is 23.1 Å². The maximum atomic E-state index is 12.5. The average molecular weight is 458 g/mol. The van der Waals surface area contributed by atoms with Crippen molar-refractivity contribution >= 4 is 45.6 Å². The molecule has 0 aliphatic carbocycles. The number of ketones is 1. The van der Waals surface area contributed by atoms with Gasteiger partial charge in [0, 0.05) is 24.8 Å². The molecule has 8 nitrogen and oxygen atoms in total. The van der Waals surface area contributed by atoms with Crippen molar-refractivity contribution in [1.82, 2.24) is 20.1 Å². The van der Waals surface area contributed by atoms with Gasteiger partial charge in [0.2, 0.25) is 5.13 Å². The molecule has 2 aromatic heterocycles. The Morgan fingerprint density at radius 2 is 2.06 bits per heavy atom. The maximum Gasteiger partial charge on any atom is 0.270 e. The summed E-state index contributed by atoms with van der Waals surface area (Å²) >= 11 is 2.70. The van der Waals surface area contributed by atoms with Crippen molar-refractivity contribution in [2.75, 3.05) is 30.8 Å². The summed E-state index contributed by atoms with van der Waals surface area (Å²) in [5, 5.41) is 12.1. The number of likely N-dealkylation sites (tertiary alicyclic amines) is 1. The summed E-state index contributed by atoms with van der Waals surface area (Å²) in [5.41, 5.74) is 1.78. The highest BCUT2D eigenvalue weighted by molar-refractivity contribution is 8.01. The smallest absolute Gasteiger partial charge is 0.270 e. The third-order valence-electron chi connectivity index (χ3n) is 4.79. The van der Waals surface area contributed by atoms with Gasteiger partial charge in [-0.2, -0.15) is 0 Å². The van der Waals surface area contributed by atoms with E-state index in [1.54, 1.807) is 12.3 Å². The van der Waals surface area contributed by atoms with Crippen LogP contribution in [0.2, 0.25) is 0 Å². The van der Waals surface area contributed by atoms with Gasteiger partial charge >= 0.3 is 0 Å². The zero-order chi connectivity index (χ0) is 21.6. The number of hydrogen-bond donors (Lipinski definition) is 2. The van der Waals surface area contributed by atoms with E-state index < -0.39 is 0 Å². The summed E-state index contributed by atoms with van der Waals surface area (Å²) < 4.78 is 6.30. The van der Waals surface area contributed by atoms with Crippen LogP contribution in [-0.4, -0.2) is 57.2 Å². The first-order valence-electron chi connectivity index (χ1n) is 10.1. The molecule has 0 saturated carbocycles. The van der Waals surface area contributed by atoms with E-state index in [0.29, 0.717) is 27.3 Å². The van der Waals surface area contributed by atoms with Crippen LogP contribution in [0.5, 0.6) is 5.75 Å². The number of nitrogens with zero attached hydrogens (tertiary/aromatic N) is 3. The molecule has 0 unspecified atom stereocenters. The van der Waals surface area contributed by atoms with Crippen molar-refractivity contribution in [3.8, 4) is 5.75 Å². The third-order valence-corrected chi connectivity index (χ3v) is 6.76. The third kappa shape index (κ3) is 5.26. The van der Waals surface area contributed by atoms with E-state index >= 15 is 0 Å². The molecule has 10 heteroatoms. The minimum Gasteiger partial charge on any atom is -0.492 e. The number of carbonyl (C=O) groups excluding carboxylic acids is 2. The number of thioether (sulfide) groups is 1. The minimum absolute atomic E-state index is 0.0450. The van der Waals surface area contributed by atoms with Crippen LogP contribution < -0.4 is 10.1 Å². The second kappa shape index (κ2) is 9.97. The number of para-hydroxylation sites is 2. The molecular weight excluding hydrogens is 434 g/mol. The quantitative estimate of drug-likeness (QED) is 0.366. The van der Waals surface area contributed by atoms with Crippen LogP contribution in [0.4, 0.5) is 10.8 Å². The number of H-pyrrole nitrogens is 1. The predicted molar refractivity (Wildman–Crippen MR) is 122 cm³/mol. The Labute approximate surface area is 188 Å². The molecule has 1 aliphatic rings. The van der Waals surface area contributed by atoms with Gasteiger partial charge in [-0.3, -0.25) is 9.59 Å². The SMILES string of the molecule is CCOc1ccccc1Nc1nnc(SCC(=O)c2c[nH]c(C(=O)N3CCCC3)c2)s1. The summed E-state index contributed by atoms with van der Waals surface area (Å²) in [7, 11) is 0. The van der Waals surface area contributed by atoms with Crippen LogP contribution in [0.3, 0.4) is 0 Å². The Morgan fingerprint density at radius 1 is 1.26 bits per heavy atom. The fraction of sp³-hybridized carbons (Fsp3) is 0.333. The van der Waals surface area contributed by atoms with Crippen molar-refractivity contribution in [3.63, 3.8) is 0 Å². The van der Waals surface area contributed by atoms with E-state index in [-0.39, 0.29) is 17.4 Å². The van der Waals surface area contributed by atoms with E-state index in [2.05, 4.69) is 20.5 Å². The molecule has 4 rings (SSSR count). The van der Waals surface area contributed by atoms with Crippen LogP contribution in [0.15, 0.2) is 40.9 Å². The lowest BCUT2D eigenvalue weighted by molar-refractivity contribution is 0.0787. The summed E-state index contributed by atoms with van der Waals surface area (Å²) in [6.45, 7) is 4.06. The number of amides is 1. The fourth-order valence-electron chi connectivity index (χ4n) is 3.27. The van der Waals surface area contributed by atoms with Crippen LogP contribution in [0.25, 0.3) is 0 Å². The van der Waals surface area contributed by atoms with Gasteiger partial charge < -0.3 is 19.9 Å². The van der Waals surface area contributed by atoms with E-state index in [4.69, 9.17) is 4.74 Å². The van der Waals surface area contributed by atoms with Gasteiger partial charge in [-0.05, 0) is 38.0 Å². The Morgan fingerprint density at radius 3 is 2.87 bits per heavy atom. The van der Waals surface area contributed by atoms with Crippen LogP contribution in [0, 0.1) is 0 Å². The predicted octanol–water partition coefficient (Wildman–Crippen LogP) is 4.22. The summed E-state index contributed by atoms with van der Waals surface area (Å²) in [4.78, 5) is 29.7. The molecule has 31 heavy (non-hydrogen) atoms. The van der Waals surface area contributed by atoms with Crippen molar-refractivity contribution in [3.05, 3.63) is 47.8 Å². The van der Waals surface area contributed by atoms with Crippen molar-refractivity contribution in [2.24, 2.45) is 0 Å². The average Bonchev–Trinajstić information content (AvgIpc) is 3.55. The van der Waals surface area contributed by atoms with E-state index in [9.17, 15) is 9.59 Å². The maximum absolute atomic E-state index is 12.5. The highest BCUT2D eigenvalue weighted by Crippen LogP contribution is 2.32. The normalized spacial score (nSPS) is 13.4. The molecule has 0 radical (unpaired) electrons. The van der Waals surface area contributed by atoms with Crippen molar-refractivity contribution in [1.29, 1.82) is 0 Å². The van der Waals surface area contributed by atoms with Gasteiger partial charge in [-0.25, -0.2) is 0 Å². The molecule has 0 atom stereocenters. The lowest BCUT2D eigenvalue weighted by Gasteiger charge is -2.13. The Bertz CT molecular complexity index is 1060. The van der Waals surface area contributed by atoms with Gasteiger partial charge in [0.1, 0.15) is 11.4 Å². The van der Waals surface area contributed by atoms with Gasteiger partial charge in [0.25, 0.3) is 5.91 Å². The van der Waals surface area contributed by atoms with Crippen LogP contribution >= 0.6 is 23.1 Å². The first-order valence-corrected chi connectivity index (χ1v) is 11.9. The Kier molecular flexibility index (Phi) is 6.88. The minimum atomic E-state index is -0.0619. The summed E-state index contributed by atoms with van der Waals surface area (Å²) in [5.74, 6) is 0.861. The highest BCUT2D eigenvalue weighted by Gasteiger charge is 2.22. The van der Waals surface area contributed by atoms with Crippen molar-refractivity contribution < 1.29 is 14.3 Å². The molecule has 2 N–H and O–H groups in total.